The van der Waals surface area contributed by atoms with E-state index in [0.29, 0.717) is 25.2 Å². The van der Waals surface area contributed by atoms with Gasteiger partial charge in [-0.05, 0) is 49.8 Å². The number of rotatable bonds is 11. The molecule has 0 heterocycles. The fraction of sp³-hybridized carbons (Fsp3) is 0.600. The molecule has 28 heavy (non-hydrogen) atoms. The van der Waals surface area contributed by atoms with Crippen molar-refractivity contribution in [1.29, 1.82) is 0 Å². The molecule has 160 valence electrons. The fourth-order valence-electron chi connectivity index (χ4n) is 2.82. The van der Waals surface area contributed by atoms with E-state index < -0.39 is 0 Å². The van der Waals surface area contributed by atoms with E-state index >= 15 is 0 Å². The molecule has 0 aliphatic carbocycles. The summed E-state index contributed by atoms with van der Waals surface area (Å²) in [4.78, 5) is 16.8. The number of hydrogen-bond donors (Lipinski definition) is 4. The van der Waals surface area contributed by atoms with Crippen molar-refractivity contribution in [1.82, 2.24) is 16.0 Å². The number of aliphatic hydroxyl groups excluding tert-OH is 1. The van der Waals surface area contributed by atoms with Gasteiger partial charge in [0.15, 0.2) is 5.96 Å². The number of guanidine groups is 1. The zero-order valence-electron chi connectivity index (χ0n) is 17.1. The summed E-state index contributed by atoms with van der Waals surface area (Å²) in [6, 6.07) is 7.31. The summed E-state index contributed by atoms with van der Waals surface area (Å²) in [7, 11) is 0. The third kappa shape index (κ3) is 9.56. The molecule has 1 rings (SSSR count). The van der Waals surface area contributed by atoms with Gasteiger partial charge >= 0.3 is 0 Å². The Morgan fingerprint density at radius 3 is 2.39 bits per heavy atom. The van der Waals surface area contributed by atoms with Gasteiger partial charge in [0, 0.05) is 42.8 Å². The molecule has 0 aliphatic rings. The number of hydrogen-bond acceptors (Lipinski definition) is 3. The summed E-state index contributed by atoms with van der Waals surface area (Å²) in [5, 5.41) is 18.7. The molecular weight excluding hydrogens is 535 g/mol. The standard InChI is InChI=1S/C20H33BrN4O2.HI/c1-4-20(5-2,10-13-26)15-25-19(22-6-3)24-12-11-23-18(27)16-8-7-9-17(21)14-16;/h7-9,14,26H,4-6,10-13,15H2,1-3H3,(H,23,27)(H2,22,24,25);1H. The van der Waals surface area contributed by atoms with Crippen LogP contribution in [-0.4, -0.2) is 49.8 Å². The Kier molecular flexibility index (Phi) is 14.6. The van der Waals surface area contributed by atoms with E-state index in [2.05, 4.69) is 45.7 Å². The molecule has 0 fully saturated rings. The predicted molar refractivity (Wildman–Crippen MR) is 131 cm³/mol. The van der Waals surface area contributed by atoms with E-state index in [1.807, 2.05) is 19.1 Å². The van der Waals surface area contributed by atoms with Gasteiger partial charge in [0.2, 0.25) is 0 Å². The first kappa shape index (κ1) is 27.1. The number of nitrogens with one attached hydrogen (secondary N) is 3. The topological polar surface area (TPSA) is 85.8 Å². The third-order valence-electron chi connectivity index (χ3n) is 4.85. The van der Waals surface area contributed by atoms with Crippen LogP contribution in [0.3, 0.4) is 0 Å². The van der Waals surface area contributed by atoms with Gasteiger partial charge in [-0.25, -0.2) is 0 Å². The monoisotopic (exact) mass is 568 g/mol. The molecule has 1 aromatic carbocycles. The normalized spacial score (nSPS) is 11.5. The van der Waals surface area contributed by atoms with Crippen molar-refractivity contribution >= 4 is 51.8 Å². The summed E-state index contributed by atoms with van der Waals surface area (Å²) in [5.74, 6) is 0.636. The number of carbonyl (C=O) groups is 1. The number of carbonyl (C=O) groups excluding carboxylic acids is 1. The Balaban J connectivity index is 0.00000729. The highest BCUT2D eigenvalue weighted by atomic mass is 127. The van der Waals surface area contributed by atoms with Crippen molar-refractivity contribution in [3.05, 3.63) is 34.3 Å². The lowest BCUT2D eigenvalue weighted by atomic mass is 9.79. The third-order valence-corrected chi connectivity index (χ3v) is 5.34. The van der Waals surface area contributed by atoms with Crippen LogP contribution in [0, 0.1) is 5.41 Å². The Morgan fingerprint density at radius 1 is 1.14 bits per heavy atom. The van der Waals surface area contributed by atoms with Gasteiger partial charge < -0.3 is 21.1 Å². The molecule has 0 spiro atoms. The Hall–Kier alpha value is -0.870. The number of aliphatic hydroxyl groups is 1. The van der Waals surface area contributed by atoms with Crippen LogP contribution in [0.5, 0.6) is 0 Å². The first-order valence-electron chi connectivity index (χ1n) is 9.67. The average molecular weight is 569 g/mol. The second-order valence-corrected chi connectivity index (χ2v) is 7.48. The molecule has 0 radical (unpaired) electrons. The Labute approximate surface area is 194 Å². The maximum absolute atomic E-state index is 12.1. The van der Waals surface area contributed by atoms with Crippen LogP contribution < -0.4 is 16.0 Å². The van der Waals surface area contributed by atoms with E-state index in [1.54, 1.807) is 12.1 Å². The van der Waals surface area contributed by atoms with Crippen LogP contribution in [0.2, 0.25) is 0 Å². The minimum Gasteiger partial charge on any atom is -0.396 e. The molecule has 0 saturated carbocycles. The van der Waals surface area contributed by atoms with Gasteiger partial charge in [0.1, 0.15) is 0 Å². The van der Waals surface area contributed by atoms with Gasteiger partial charge in [0.05, 0.1) is 0 Å². The first-order valence-corrected chi connectivity index (χ1v) is 10.5. The molecule has 6 nitrogen and oxygen atoms in total. The molecule has 1 aromatic rings. The van der Waals surface area contributed by atoms with Crippen LogP contribution in [0.1, 0.15) is 50.4 Å². The Morgan fingerprint density at radius 2 is 1.82 bits per heavy atom. The highest BCUT2D eigenvalue weighted by Crippen LogP contribution is 2.30. The molecular formula is C20H34BrIN4O2. The summed E-state index contributed by atoms with van der Waals surface area (Å²) in [5.41, 5.74) is 0.663. The summed E-state index contributed by atoms with van der Waals surface area (Å²) in [6.07, 6.45) is 2.72. The van der Waals surface area contributed by atoms with Crippen molar-refractivity contribution < 1.29 is 9.90 Å². The van der Waals surface area contributed by atoms with Crippen molar-refractivity contribution in [2.75, 3.05) is 32.8 Å². The first-order chi connectivity index (χ1) is 13.0. The van der Waals surface area contributed by atoms with E-state index in [4.69, 9.17) is 4.99 Å². The molecule has 0 aromatic heterocycles. The van der Waals surface area contributed by atoms with Crippen molar-refractivity contribution in [3.63, 3.8) is 0 Å². The molecule has 8 heteroatoms. The van der Waals surface area contributed by atoms with Gasteiger partial charge in [-0.2, -0.15) is 0 Å². The Bertz CT molecular complexity index is 610. The number of halogens is 2. The van der Waals surface area contributed by atoms with E-state index in [9.17, 15) is 9.90 Å². The summed E-state index contributed by atoms with van der Waals surface area (Å²) >= 11 is 3.37. The maximum Gasteiger partial charge on any atom is 0.251 e. The summed E-state index contributed by atoms with van der Waals surface area (Å²) in [6.45, 7) is 9.01. The van der Waals surface area contributed by atoms with Crippen LogP contribution in [-0.2, 0) is 0 Å². The van der Waals surface area contributed by atoms with Gasteiger partial charge in [-0.3, -0.25) is 9.79 Å². The van der Waals surface area contributed by atoms with Gasteiger partial charge in [0.25, 0.3) is 5.91 Å². The molecule has 0 aliphatic heterocycles. The lowest BCUT2D eigenvalue weighted by Gasteiger charge is -2.29. The molecule has 0 unspecified atom stereocenters. The van der Waals surface area contributed by atoms with Crippen LogP contribution >= 0.6 is 39.9 Å². The van der Waals surface area contributed by atoms with E-state index in [-0.39, 0.29) is 41.9 Å². The second kappa shape index (κ2) is 15.0. The molecule has 4 N–H and O–H groups in total. The zero-order valence-corrected chi connectivity index (χ0v) is 21.0. The highest BCUT2D eigenvalue weighted by Gasteiger charge is 2.25. The fourth-order valence-corrected chi connectivity index (χ4v) is 3.22. The number of aliphatic imine (C=N–C) groups is 1. The second-order valence-electron chi connectivity index (χ2n) is 6.57. The molecule has 0 atom stereocenters. The van der Waals surface area contributed by atoms with Crippen LogP contribution in [0.15, 0.2) is 33.7 Å². The molecule has 0 saturated heterocycles. The lowest BCUT2D eigenvalue weighted by molar-refractivity contribution is 0.0954. The van der Waals surface area contributed by atoms with E-state index in [1.165, 1.54) is 0 Å². The maximum atomic E-state index is 12.1. The SMILES string of the molecule is CCNC(=NCC(CC)(CC)CCO)NCCNC(=O)c1cccc(Br)c1.I. The van der Waals surface area contributed by atoms with Gasteiger partial charge in [-0.1, -0.05) is 35.8 Å². The number of amides is 1. The summed E-state index contributed by atoms with van der Waals surface area (Å²) < 4.78 is 0.882. The lowest BCUT2D eigenvalue weighted by Crippen LogP contribution is -2.42. The van der Waals surface area contributed by atoms with E-state index in [0.717, 1.165) is 36.2 Å². The molecule has 1 amide bonds. The largest absolute Gasteiger partial charge is 0.396 e. The highest BCUT2D eigenvalue weighted by molar-refractivity contribution is 14.0. The number of benzene rings is 1. The average Bonchev–Trinajstić information content (AvgIpc) is 2.68. The number of nitrogens with zero attached hydrogens (tertiary/aromatic N) is 1. The zero-order chi connectivity index (χ0) is 20.1. The predicted octanol–water partition coefficient (Wildman–Crippen LogP) is 3.54. The van der Waals surface area contributed by atoms with Crippen LogP contribution in [0.25, 0.3) is 0 Å². The van der Waals surface area contributed by atoms with Gasteiger partial charge in [-0.15, -0.1) is 24.0 Å². The minimum atomic E-state index is -0.0982. The van der Waals surface area contributed by atoms with Crippen molar-refractivity contribution in [3.8, 4) is 0 Å². The smallest absolute Gasteiger partial charge is 0.251 e. The van der Waals surface area contributed by atoms with Crippen molar-refractivity contribution in [2.24, 2.45) is 10.4 Å². The molecule has 0 bridgehead atoms. The van der Waals surface area contributed by atoms with Crippen LogP contribution in [0.4, 0.5) is 0 Å². The van der Waals surface area contributed by atoms with Crippen molar-refractivity contribution in [2.45, 2.75) is 40.0 Å². The quantitative estimate of drug-likeness (QED) is 0.142. The minimum absolute atomic E-state index is 0.